The predicted molar refractivity (Wildman–Crippen MR) is 74.3 cm³/mol. The van der Waals surface area contributed by atoms with Crippen LogP contribution < -0.4 is 10.1 Å². The lowest BCUT2D eigenvalue weighted by molar-refractivity contribution is -0.386. The number of hydrogen-bond donors (Lipinski definition) is 1. The highest BCUT2D eigenvalue weighted by molar-refractivity contribution is 6.32. The summed E-state index contributed by atoms with van der Waals surface area (Å²) in [6.07, 6.45) is 0. The monoisotopic (exact) mass is 296 g/mol. The minimum atomic E-state index is -0.903. The Hall–Kier alpha value is -2.34. The molecule has 0 radical (unpaired) electrons. The molecule has 20 heavy (non-hydrogen) atoms. The van der Waals surface area contributed by atoms with Crippen molar-refractivity contribution in [2.24, 2.45) is 0 Å². The fourth-order valence-electron chi connectivity index (χ4n) is 1.70. The molecule has 2 rings (SSSR count). The molecule has 0 bridgehead atoms. The summed E-state index contributed by atoms with van der Waals surface area (Å²) in [5, 5.41) is 14.0. The molecule has 2 aromatic carbocycles. The molecule has 0 aliphatic heterocycles. The van der Waals surface area contributed by atoms with Gasteiger partial charge in [0.05, 0.1) is 17.1 Å². The molecule has 0 aliphatic carbocycles. The van der Waals surface area contributed by atoms with Gasteiger partial charge in [0.25, 0.3) is 0 Å². The number of nitro benzene ring substituents is 1. The SMILES string of the molecule is COc1ccc(Nc2cccc(F)c2[N+](=O)[O-])cc1Cl. The van der Waals surface area contributed by atoms with Crippen LogP contribution in [0.1, 0.15) is 0 Å². The van der Waals surface area contributed by atoms with E-state index in [0.717, 1.165) is 6.07 Å². The molecule has 7 heteroatoms. The smallest absolute Gasteiger partial charge is 0.327 e. The number of methoxy groups -OCH3 is 1. The number of para-hydroxylation sites is 1. The van der Waals surface area contributed by atoms with Gasteiger partial charge in [-0.05, 0) is 30.3 Å². The summed E-state index contributed by atoms with van der Waals surface area (Å²) in [4.78, 5) is 10.1. The maximum Gasteiger partial charge on any atom is 0.327 e. The molecule has 104 valence electrons. The van der Waals surface area contributed by atoms with Gasteiger partial charge >= 0.3 is 5.69 Å². The van der Waals surface area contributed by atoms with Gasteiger partial charge in [-0.1, -0.05) is 17.7 Å². The largest absolute Gasteiger partial charge is 0.495 e. The fourth-order valence-corrected chi connectivity index (χ4v) is 1.96. The number of anilines is 2. The Morgan fingerprint density at radius 1 is 1.35 bits per heavy atom. The zero-order valence-electron chi connectivity index (χ0n) is 10.4. The molecule has 0 aliphatic rings. The van der Waals surface area contributed by atoms with Gasteiger partial charge < -0.3 is 10.1 Å². The van der Waals surface area contributed by atoms with Crippen LogP contribution in [0.5, 0.6) is 5.75 Å². The third-order valence-electron chi connectivity index (χ3n) is 2.60. The van der Waals surface area contributed by atoms with Gasteiger partial charge in [-0.25, -0.2) is 0 Å². The van der Waals surface area contributed by atoms with Crippen LogP contribution in [0.4, 0.5) is 21.5 Å². The van der Waals surface area contributed by atoms with Crippen LogP contribution in [-0.2, 0) is 0 Å². The standard InChI is InChI=1S/C13H10ClFN2O3/c1-20-12-6-5-8(7-9(12)14)16-11-4-2-3-10(15)13(11)17(18)19/h2-7,16H,1H3. The van der Waals surface area contributed by atoms with E-state index in [1.54, 1.807) is 12.1 Å². The number of hydrogen-bond acceptors (Lipinski definition) is 4. The Kier molecular flexibility index (Phi) is 4.05. The second kappa shape index (κ2) is 5.75. The van der Waals surface area contributed by atoms with E-state index in [-0.39, 0.29) is 5.69 Å². The molecule has 0 spiro atoms. The molecule has 0 fully saturated rings. The molecule has 0 aromatic heterocycles. The van der Waals surface area contributed by atoms with Gasteiger partial charge in [0.1, 0.15) is 11.4 Å². The van der Waals surface area contributed by atoms with E-state index >= 15 is 0 Å². The predicted octanol–water partition coefficient (Wildman–Crippen LogP) is 4.14. The number of ether oxygens (including phenoxy) is 1. The molecule has 0 unspecified atom stereocenters. The van der Waals surface area contributed by atoms with Gasteiger partial charge in [-0.15, -0.1) is 0 Å². The number of rotatable bonds is 4. The maximum absolute atomic E-state index is 13.5. The van der Waals surface area contributed by atoms with E-state index in [2.05, 4.69) is 5.32 Å². The van der Waals surface area contributed by atoms with E-state index in [4.69, 9.17) is 16.3 Å². The number of nitrogens with one attached hydrogen (secondary N) is 1. The van der Waals surface area contributed by atoms with Crippen molar-refractivity contribution in [2.45, 2.75) is 0 Å². The van der Waals surface area contributed by atoms with E-state index < -0.39 is 16.4 Å². The molecule has 0 saturated heterocycles. The molecule has 5 nitrogen and oxygen atoms in total. The molecule has 0 heterocycles. The molecule has 0 amide bonds. The second-order valence-electron chi connectivity index (χ2n) is 3.87. The number of benzene rings is 2. The zero-order chi connectivity index (χ0) is 14.7. The van der Waals surface area contributed by atoms with Crippen molar-refractivity contribution in [3.05, 3.63) is 57.4 Å². The molecular formula is C13H10ClFN2O3. The van der Waals surface area contributed by atoms with E-state index in [0.29, 0.717) is 16.5 Å². The Balaban J connectivity index is 2.38. The summed E-state index contributed by atoms with van der Waals surface area (Å²) < 4.78 is 18.5. The fraction of sp³-hybridized carbons (Fsp3) is 0.0769. The van der Waals surface area contributed by atoms with Crippen molar-refractivity contribution >= 4 is 28.7 Å². The highest BCUT2D eigenvalue weighted by Gasteiger charge is 2.19. The van der Waals surface area contributed by atoms with Gasteiger partial charge in [0.15, 0.2) is 0 Å². The first-order valence-electron chi connectivity index (χ1n) is 5.56. The van der Waals surface area contributed by atoms with Crippen LogP contribution in [-0.4, -0.2) is 12.0 Å². The Bertz CT molecular complexity index is 664. The zero-order valence-corrected chi connectivity index (χ0v) is 11.1. The summed E-state index contributed by atoms with van der Waals surface area (Å²) in [7, 11) is 1.48. The van der Waals surface area contributed by atoms with Gasteiger partial charge in [0.2, 0.25) is 5.82 Å². The maximum atomic E-state index is 13.5. The van der Waals surface area contributed by atoms with Crippen LogP contribution in [0.3, 0.4) is 0 Å². The van der Waals surface area contributed by atoms with Gasteiger partial charge in [-0.2, -0.15) is 4.39 Å². The van der Waals surface area contributed by atoms with Crippen LogP contribution in [0.2, 0.25) is 5.02 Å². The third kappa shape index (κ3) is 2.80. The van der Waals surface area contributed by atoms with E-state index in [1.165, 1.54) is 25.3 Å². The second-order valence-corrected chi connectivity index (χ2v) is 4.27. The lowest BCUT2D eigenvalue weighted by atomic mass is 10.2. The molecule has 0 atom stereocenters. The molecule has 2 aromatic rings. The normalized spacial score (nSPS) is 10.2. The minimum absolute atomic E-state index is 0.0521. The summed E-state index contributed by atoms with van der Waals surface area (Å²) >= 11 is 5.96. The lowest BCUT2D eigenvalue weighted by Crippen LogP contribution is -1.99. The van der Waals surface area contributed by atoms with Crippen molar-refractivity contribution in [1.29, 1.82) is 0 Å². The lowest BCUT2D eigenvalue weighted by Gasteiger charge is -2.09. The quantitative estimate of drug-likeness (QED) is 0.680. The molecule has 1 N–H and O–H groups in total. The number of halogens is 2. The third-order valence-corrected chi connectivity index (χ3v) is 2.90. The molecule has 0 saturated carbocycles. The van der Waals surface area contributed by atoms with Crippen LogP contribution >= 0.6 is 11.6 Å². The van der Waals surface area contributed by atoms with Gasteiger partial charge in [0, 0.05) is 5.69 Å². The van der Waals surface area contributed by atoms with Crippen LogP contribution in [0.25, 0.3) is 0 Å². The van der Waals surface area contributed by atoms with Crippen molar-refractivity contribution in [1.82, 2.24) is 0 Å². The first kappa shape index (κ1) is 14.1. The summed E-state index contributed by atoms with van der Waals surface area (Å²) in [5.74, 6) is -0.425. The number of nitrogens with zero attached hydrogens (tertiary/aromatic N) is 1. The Labute approximate surface area is 119 Å². The van der Waals surface area contributed by atoms with Crippen molar-refractivity contribution in [3.8, 4) is 5.75 Å². The first-order valence-corrected chi connectivity index (χ1v) is 5.94. The minimum Gasteiger partial charge on any atom is -0.495 e. The van der Waals surface area contributed by atoms with E-state index in [9.17, 15) is 14.5 Å². The summed E-state index contributed by atoms with van der Waals surface area (Å²) in [6.45, 7) is 0. The number of nitro groups is 1. The van der Waals surface area contributed by atoms with Crippen molar-refractivity contribution in [2.75, 3.05) is 12.4 Å². The van der Waals surface area contributed by atoms with Crippen molar-refractivity contribution in [3.63, 3.8) is 0 Å². The Morgan fingerprint density at radius 2 is 2.10 bits per heavy atom. The highest BCUT2D eigenvalue weighted by Crippen LogP contribution is 2.33. The summed E-state index contributed by atoms with van der Waals surface area (Å²) in [5.41, 5.74) is -0.0693. The van der Waals surface area contributed by atoms with Crippen molar-refractivity contribution < 1.29 is 14.1 Å². The average molecular weight is 297 g/mol. The average Bonchev–Trinajstić information content (AvgIpc) is 2.38. The van der Waals surface area contributed by atoms with Crippen LogP contribution in [0, 0.1) is 15.9 Å². The highest BCUT2D eigenvalue weighted by atomic mass is 35.5. The summed E-state index contributed by atoms with van der Waals surface area (Å²) in [6, 6.07) is 8.60. The Morgan fingerprint density at radius 3 is 2.70 bits per heavy atom. The molecular weight excluding hydrogens is 287 g/mol. The van der Waals surface area contributed by atoms with E-state index in [1.807, 2.05) is 0 Å². The topological polar surface area (TPSA) is 64.4 Å². The van der Waals surface area contributed by atoms with Gasteiger partial charge in [-0.3, -0.25) is 10.1 Å². The first-order chi connectivity index (χ1) is 9.52. The van der Waals surface area contributed by atoms with Crippen LogP contribution in [0.15, 0.2) is 36.4 Å².